The van der Waals surface area contributed by atoms with Crippen LogP contribution in [0.5, 0.6) is 0 Å². The van der Waals surface area contributed by atoms with Gasteiger partial charge in [0.1, 0.15) is 11.3 Å². The maximum atomic E-state index is 6.06. The largest absolute Gasteiger partial charge is 0.459 e. The molecule has 0 spiro atoms. The van der Waals surface area contributed by atoms with Crippen molar-refractivity contribution >= 4 is 11.0 Å². The van der Waals surface area contributed by atoms with Gasteiger partial charge in [0.15, 0.2) is 0 Å². The van der Waals surface area contributed by atoms with Crippen LogP contribution in [-0.2, 0) is 4.74 Å². The molecular formula is C17H23NO2. The van der Waals surface area contributed by atoms with Crippen LogP contribution in [-0.4, -0.2) is 19.3 Å². The van der Waals surface area contributed by atoms with E-state index in [0.717, 1.165) is 37.3 Å². The molecule has 108 valence electrons. The third-order valence-corrected chi connectivity index (χ3v) is 4.07. The Labute approximate surface area is 120 Å². The number of fused-ring (bicyclic) bond motifs is 1. The molecule has 1 N–H and O–H groups in total. The minimum absolute atomic E-state index is 0.257. The van der Waals surface area contributed by atoms with Crippen molar-refractivity contribution in [3.63, 3.8) is 0 Å². The van der Waals surface area contributed by atoms with Crippen LogP contribution in [0.25, 0.3) is 11.0 Å². The van der Waals surface area contributed by atoms with Crippen LogP contribution in [0.15, 0.2) is 34.7 Å². The van der Waals surface area contributed by atoms with Gasteiger partial charge >= 0.3 is 0 Å². The fourth-order valence-corrected chi connectivity index (χ4v) is 3.04. The highest BCUT2D eigenvalue weighted by Gasteiger charge is 2.32. The molecule has 3 rings (SSSR count). The van der Waals surface area contributed by atoms with Crippen molar-refractivity contribution in [1.82, 2.24) is 5.32 Å². The third-order valence-electron chi connectivity index (χ3n) is 4.07. The van der Waals surface area contributed by atoms with E-state index in [2.05, 4.69) is 37.4 Å². The lowest BCUT2D eigenvalue weighted by Gasteiger charge is -2.21. The molecule has 1 aliphatic rings. The molecular weight excluding hydrogens is 250 g/mol. The lowest BCUT2D eigenvalue weighted by atomic mass is 9.94. The van der Waals surface area contributed by atoms with E-state index in [0.29, 0.717) is 12.0 Å². The molecule has 0 bridgehead atoms. The average molecular weight is 273 g/mol. The number of hydrogen-bond donors (Lipinski definition) is 1. The van der Waals surface area contributed by atoms with E-state index in [1.54, 1.807) is 0 Å². The maximum absolute atomic E-state index is 6.06. The molecule has 1 fully saturated rings. The summed E-state index contributed by atoms with van der Waals surface area (Å²) in [6, 6.07) is 10.6. The fourth-order valence-electron chi connectivity index (χ4n) is 3.04. The Bertz CT molecular complexity index is 530. The van der Waals surface area contributed by atoms with Crippen LogP contribution in [0.2, 0.25) is 0 Å². The van der Waals surface area contributed by atoms with Gasteiger partial charge in [-0.2, -0.15) is 0 Å². The van der Waals surface area contributed by atoms with Gasteiger partial charge in [0.05, 0.1) is 18.8 Å². The first-order valence-electron chi connectivity index (χ1n) is 7.61. The molecule has 0 aliphatic carbocycles. The van der Waals surface area contributed by atoms with Crippen molar-refractivity contribution in [3.8, 4) is 0 Å². The fraction of sp³-hybridized carbons (Fsp3) is 0.529. The van der Waals surface area contributed by atoms with Crippen LogP contribution in [0, 0.1) is 5.92 Å². The van der Waals surface area contributed by atoms with Crippen molar-refractivity contribution in [2.45, 2.75) is 38.8 Å². The minimum atomic E-state index is 0.257. The summed E-state index contributed by atoms with van der Waals surface area (Å²) in [4.78, 5) is 0. The highest BCUT2D eigenvalue weighted by Crippen LogP contribution is 2.34. The Morgan fingerprint density at radius 2 is 2.20 bits per heavy atom. The first-order chi connectivity index (χ1) is 9.78. The third kappa shape index (κ3) is 2.74. The number of benzene rings is 1. The van der Waals surface area contributed by atoms with Crippen molar-refractivity contribution in [2.75, 3.05) is 13.2 Å². The molecule has 1 aliphatic heterocycles. The molecule has 20 heavy (non-hydrogen) atoms. The summed E-state index contributed by atoms with van der Waals surface area (Å²) in [7, 11) is 0. The Hall–Kier alpha value is -1.32. The van der Waals surface area contributed by atoms with E-state index in [9.17, 15) is 0 Å². The van der Waals surface area contributed by atoms with Crippen molar-refractivity contribution < 1.29 is 9.15 Å². The number of ether oxygens (including phenoxy) is 1. The Morgan fingerprint density at radius 3 is 2.90 bits per heavy atom. The molecule has 0 radical (unpaired) electrons. The van der Waals surface area contributed by atoms with Crippen LogP contribution < -0.4 is 5.32 Å². The first-order valence-corrected chi connectivity index (χ1v) is 7.61. The van der Waals surface area contributed by atoms with E-state index in [1.165, 1.54) is 5.39 Å². The number of para-hydroxylation sites is 1. The zero-order valence-corrected chi connectivity index (χ0v) is 12.3. The van der Waals surface area contributed by atoms with Gasteiger partial charge in [0.25, 0.3) is 0 Å². The SMILES string of the molecule is CCCNC(c1cc2ccccc2o1)C1COC(C)C1. The van der Waals surface area contributed by atoms with Gasteiger partial charge < -0.3 is 14.5 Å². The van der Waals surface area contributed by atoms with Crippen LogP contribution >= 0.6 is 0 Å². The van der Waals surface area contributed by atoms with Gasteiger partial charge in [0.2, 0.25) is 0 Å². The molecule has 1 aromatic carbocycles. The van der Waals surface area contributed by atoms with Crippen LogP contribution in [0.1, 0.15) is 38.5 Å². The molecule has 3 nitrogen and oxygen atoms in total. The van der Waals surface area contributed by atoms with E-state index in [4.69, 9.17) is 9.15 Å². The van der Waals surface area contributed by atoms with E-state index in [-0.39, 0.29) is 6.04 Å². The molecule has 3 atom stereocenters. The quantitative estimate of drug-likeness (QED) is 0.897. The average Bonchev–Trinajstić information content (AvgIpc) is 3.05. The Balaban J connectivity index is 1.87. The van der Waals surface area contributed by atoms with Gasteiger partial charge in [-0.15, -0.1) is 0 Å². The standard InChI is InChI=1S/C17H23NO2/c1-3-8-18-17(14-9-12(2)19-11-14)16-10-13-6-4-5-7-15(13)20-16/h4-7,10,12,14,17-18H,3,8-9,11H2,1-2H3. The number of rotatable bonds is 5. The van der Waals surface area contributed by atoms with E-state index >= 15 is 0 Å². The lowest BCUT2D eigenvalue weighted by Crippen LogP contribution is -2.29. The monoisotopic (exact) mass is 273 g/mol. The topological polar surface area (TPSA) is 34.4 Å². The second-order valence-corrected chi connectivity index (χ2v) is 5.76. The Morgan fingerprint density at radius 1 is 1.35 bits per heavy atom. The molecule has 3 heteroatoms. The summed E-state index contributed by atoms with van der Waals surface area (Å²) >= 11 is 0. The highest BCUT2D eigenvalue weighted by molar-refractivity contribution is 5.77. The van der Waals surface area contributed by atoms with Gasteiger partial charge in [-0.1, -0.05) is 25.1 Å². The van der Waals surface area contributed by atoms with Crippen LogP contribution in [0.4, 0.5) is 0 Å². The van der Waals surface area contributed by atoms with Gasteiger partial charge in [-0.25, -0.2) is 0 Å². The number of furan rings is 1. The molecule has 2 heterocycles. The molecule has 0 saturated carbocycles. The second-order valence-electron chi connectivity index (χ2n) is 5.76. The van der Waals surface area contributed by atoms with Crippen molar-refractivity contribution in [1.29, 1.82) is 0 Å². The summed E-state index contributed by atoms with van der Waals surface area (Å²) in [6.45, 7) is 6.16. The smallest absolute Gasteiger partial charge is 0.134 e. The normalized spacial score (nSPS) is 24.3. The molecule has 1 aromatic heterocycles. The molecule has 0 amide bonds. The Kier molecular flexibility index (Phi) is 4.08. The van der Waals surface area contributed by atoms with Crippen LogP contribution in [0.3, 0.4) is 0 Å². The second kappa shape index (κ2) is 5.98. The van der Waals surface area contributed by atoms with E-state index in [1.807, 2.05) is 12.1 Å². The number of nitrogens with one attached hydrogen (secondary N) is 1. The predicted molar refractivity (Wildman–Crippen MR) is 80.8 cm³/mol. The predicted octanol–water partition coefficient (Wildman–Crippen LogP) is 3.90. The minimum Gasteiger partial charge on any atom is -0.459 e. The van der Waals surface area contributed by atoms with Gasteiger partial charge in [-0.05, 0) is 38.4 Å². The summed E-state index contributed by atoms with van der Waals surface area (Å²) in [5.41, 5.74) is 0.970. The van der Waals surface area contributed by atoms with Crippen molar-refractivity contribution in [3.05, 3.63) is 36.1 Å². The summed E-state index contributed by atoms with van der Waals surface area (Å²) in [6.07, 6.45) is 2.58. The summed E-state index contributed by atoms with van der Waals surface area (Å²) < 4.78 is 11.8. The summed E-state index contributed by atoms with van der Waals surface area (Å²) in [5, 5.41) is 4.81. The zero-order chi connectivity index (χ0) is 13.9. The number of hydrogen-bond acceptors (Lipinski definition) is 3. The van der Waals surface area contributed by atoms with Gasteiger partial charge in [0, 0.05) is 11.3 Å². The lowest BCUT2D eigenvalue weighted by molar-refractivity contribution is 0.116. The summed E-state index contributed by atoms with van der Waals surface area (Å²) in [5.74, 6) is 1.54. The molecule has 3 unspecified atom stereocenters. The van der Waals surface area contributed by atoms with Gasteiger partial charge in [-0.3, -0.25) is 0 Å². The van der Waals surface area contributed by atoms with E-state index < -0.39 is 0 Å². The highest BCUT2D eigenvalue weighted by atomic mass is 16.5. The maximum Gasteiger partial charge on any atom is 0.134 e. The first kappa shape index (κ1) is 13.7. The molecule has 2 aromatic rings. The molecule has 1 saturated heterocycles. The van der Waals surface area contributed by atoms with Crippen molar-refractivity contribution in [2.24, 2.45) is 5.92 Å². The zero-order valence-electron chi connectivity index (χ0n) is 12.3.